The normalized spacial score (nSPS) is 18.3. The molecule has 3 amide bonds. The third-order valence-corrected chi connectivity index (χ3v) is 5.74. The van der Waals surface area contributed by atoms with E-state index in [4.69, 9.17) is 0 Å². The van der Waals surface area contributed by atoms with Gasteiger partial charge in [-0.05, 0) is 43.0 Å². The van der Waals surface area contributed by atoms with E-state index in [1.807, 2.05) is 4.90 Å². The summed E-state index contributed by atoms with van der Waals surface area (Å²) in [6, 6.07) is 6.10. The molecule has 2 aliphatic rings. The molecule has 156 valence electrons. The van der Waals surface area contributed by atoms with Gasteiger partial charge in [0.15, 0.2) is 0 Å². The topological polar surface area (TPSA) is 60.9 Å². The molecule has 1 aromatic rings. The zero-order chi connectivity index (χ0) is 20.8. The highest BCUT2D eigenvalue weighted by Crippen LogP contribution is 2.21. The molecule has 2 aliphatic heterocycles. The van der Waals surface area contributed by atoms with Crippen LogP contribution in [0.25, 0.3) is 0 Å². The average molecular weight is 401 g/mol. The molecular weight excluding hydrogens is 373 g/mol. The van der Waals surface area contributed by atoms with Gasteiger partial charge in [-0.1, -0.05) is 18.7 Å². The average Bonchev–Trinajstić information content (AvgIpc) is 2.99. The summed E-state index contributed by atoms with van der Waals surface area (Å²) in [5.74, 6) is -0.420. The molecule has 0 N–H and O–H groups in total. The summed E-state index contributed by atoms with van der Waals surface area (Å²) in [4.78, 5) is 42.5. The Kier molecular flexibility index (Phi) is 7.01. The molecule has 0 saturated carbocycles. The van der Waals surface area contributed by atoms with Gasteiger partial charge in [0.2, 0.25) is 17.7 Å². The number of piperidine rings is 1. The Bertz CT molecular complexity index is 774. The molecule has 0 unspecified atom stereocenters. The van der Waals surface area contributed by atoms with Crippen LogP contribution in [0.3, 0.4) is 0 Å². The maximum absolute atomic E-state index is 13.3. The summed E-state index contributed by atoms with van der Waals surface area (Å²) < 4.78 is 13.3. The number of benzene rings is 1. The Labute approximate surface area is 170 Å². The van der Waals surface area contributed by atoms with Crippen LogP contribution in [0.15, 0.2) is 36.9 Å². The van der Waals surface area contributed by atoms with Crippen LogP contribution in [-0.2, 0) is 20.8 Å². The van der Waals surface area contributed by atoms with Crippen LogP contribution in [0.2, 0.25) is 0 Å². The second kappa shape index (κ2) is 9.67. The molecule has 2 saturated heterocycles. The Balaban J connectivity index is 1.50. The van der Waals surface area contributed by atoms with Gasteiger partial charge in [-0.25, -0.2) is 4.39 Å². The molecule has 0 aliphatic carbocycles. The van der Waals surface area contributed by atoms with Crippen molar-refractivity contribution in [2.24, 2.45) is 5.92 Å². The van der Waals surface area contributed by atoms with E-state index in [9.17, 15) is 18.8 Å². The molecule has 29 heavy (non-hydrogen) atoms. The van der Waals surface area contributed by atoms with Crippen molar-refractivity contribution >= 4 is 17.7 Å². The van der Waals surface area contributed by atoms with E-state index in [1.165, 1.54) is 18.2 Å². The fraction of sp³-hybridized carbons (Fsp3) is 0.500. The van der Waals surface area contributed by atoms with Crippen LogP contribution in [0, 0.1) is 11.7 Å². The van der Waals surface area contributed by atoms with Crippen molar-refractivity contribution in [2.45, 2.75) is 25.7 Å². The Morgan fingerprint density at radius 2 is 1.69 bits per heavy atom. The van der Waals surface area contributed by atoms with Crippen LogP contribution in [-0.4, -0.2) is 71.7 Å². The van der Waals surface area contributed by atoms with Crippen molar-refractivity contribution in [1.29, 1.82) is 0 Å². The highest BCUT2D eigenvalue weighted by Gasteiger charge is 2.31. The highest BCUT2D eigenvalue weighted by atomic mass is 19.1. The molecule has 0 spiro atoms. The number of carbonyl (C=O) groups is 3. The van der Waals surface area contributed by atoms with Gasteiger partial charge in [0, 0.05) is 45.2 Å². The lowest BCUT2D eigenvalue weighted by Crippen LogP contribution is -2.45. The summed E-state index contributed by atoms with van der Waals surface area (Å²) in [6.07, 6.45) is 3.54. The number of hydrogen-bond acceptors (Lipinski definition) is 3. The fourth-order valence-corrected chi connectivity index (χ4v) is 4.05. The summed E-state index contributed by atoms with van der Waals surface area (Å²) in [6.45, 7) is 6.90. The third-order valence-electron chi connectivity index (χ3n) is 5.74. The van der Waals surface area contributed by atoms with Gasteiger partial charge in [0.25, 0.3) is 0 Å². The second-order valence-corrected chi connectivity index (χ2v) is 7.67. The lowest BCUT2D eigenvalue weighted by atomic mass is 9.95. The van der Waals surface area contributed by atoms with Crippen LogP contribution >= 0.6 is 0 Å². The fourth-order valence-electron chi connectivity index (χ4n) is 4.05. The minimum Gasteiger partial charge on any atom is -0.341 e. The first-order valence-corrected chi connectivity index (χ1v) is 10.2. The third kappa shape index (κ3) is 5.43. The largest absolute Gasteiger partial charge is 0.341 e. The van der Waals surface area contributed by atoms with Crippen molar-refractivity contribution in [3.8, 4) is 0 Å². The summed E-state index contributed by atoms with van der Waals surface area (Å²) in [5, 5.41) is 0. The molecule has 0 atom stereocenters. The Morgan fingerprint density at radius 3 is 2.38 bits per heavy atom. The predicted octanol–water partition coefficient (Wildman–Crippen LogP) is 1.85. The highest BCUT2D eigenvalue weighted by molar-refractivity contribution is 5.87. The van der Waals surface area contributed by atoms with Gasteiger partial charge in [-0.2, -0.15) is 0 Å². The summed E-state index contributed by atoms with van der Waals surface area (Å²) >= 11 is 0. The summed E-state index contributed by atoms with van der Waals surface area (Å²) in [7, 11) is 0. The molecule has 3 rings (SSSR count). The van der Waals surface area contributed by atoms with Crippen molar-refractivity contribution in [1.82, 2.24) is 14.7 Å². The smallest absolute Gasteiger partial charge is 0.245 e. The number of hydrogen-bond donors (Lipinski definition) is 0. The lowest BCUT2D eigenvalue weighted by molar-refractivity contribution is -0.139. The second-order valence-electron chi connectivity index (χ2n) is 7.67. The van der Waals surface area contributed by atoms with Crippen LogP contribution in [0.1, 0.15) is 24.8 Å². The number of halogens is 1. The van der Waals surface area contributed by atoms with E-state index in [-0.39, 0.29) is 35.9 Å². The van der Waals surface area contributed by atoms with Gasteiger partial charge in [-0.15, -0.1) is 0 Å². The van der Waals surface area contributed by atoms with E-state index in [1.54, 1.807) is 21.9 Å². The van der Waals surface area contributed by atoms with Crippen molar-refractivity contribution in [3.05, 3.63) is 48.3 Å². The standard InChI is InChI=1S/C22H28FN3O3/c1-2-20(27)25-11-7-18(8-12-25)22(29)26-10-4-9-24(13-14-26)21(28)16-17-5-3-6-19(23)15-17/h2-3,5-6,15,18H,1,4,7-14,16H2. The Hall–Kier alpha value is -2.70. The first-order valence-electron chi connectivity index (χ1n) is 10.2. The van der Waals surface area contributed by atoms with Crippen molar-refractivity contribution in [2.75, 3.05) is 39.3 Å². The molecule has 2 fully saturated rings. The lowest BCUT2D eigenvalue weighted by Gasteiger charge is -2.33. The van der Waals surface area contributed by atoms with E-state index in [0.29, 0.717) is 57.7 Å². The predicted molar refractivity (Wildman–Crippen MR) is 107 cm³/mol. The molecule has 6 nitrogen and oxygen atoms in total. The van der Waals surface area contributed by atoms with E-state index >= 15 is 0 Å². The first-order chi connectivity index (χ1) is 14.0. The molecule has 7 heteroatoms. The van der Waals surface area contributed by atoms with Gasteiger partial charge in [0.05, 0.1) is 6.42 Å². The number of likely N-dealkylation sites (tertiary alicyclic amines) is 1. The monoisotopic (exact) mass is 401 g/mol. The SMILES string of the molecule is C=CC(=O)N1CCC(C(=O)N2CCCN(C(=O)Cc3cccc(F)c3)CC2)CC1. The quantitative estimate of drug-likeness (QED) is 0.724. The number of nitrogens with zero attached hydrogens (tertiary/aromatic N) is 3. The minimum atomic E-state index is -0.344. The van der Waals surface area contributed by atoms with Crippen LogP contribution < -0.4 is 0 Å². The molecule has 0 aromatic heterocycles. The number of carbonyl (C=O) groups excluding carboxylic acids is 3. The zero-order valence-corrected chi connectivity index (χ0v) is 16.7. The van der Waals surface area contributed by atoms with Crippen molar-refractivity contribution < 1.29 is 18.8 Å². The van der Waals surface area contributed by atoms with Crippen molar-refractivity contribution in [3.63, 3.8) is 0 Å². The van der Waals surface area contributed by atoms with E-state index in [2.05, 4.69) is 6.58 Å². The van der Waals surface area contributed by atoms with Gasteiger partial charge in [0.1, 0.15) is 5.82 Å². The van der Waals surface area contributed by atoms with Gasteiger partial charge in [-0.3, -0.25) is 14.4 Å². The van der Waals surface area contributed by atoms with Crippen LogP contribution in [0.4, 0.5) is 4.39 Å². The van der Waals surface area contributed by atoms with E-state index in [0.717, 1.165) is 6.42 Å². The zero-order valence-electron chi connectivity index (χ0n) is 16.7. The van der Waals surface area contributed by atoms with E-state index < -0.39 is 0 Å². The van der Waals surface area contributed by atoms with Gasteiger partial charge >= 0.3 is 0 Å². The minimum absolute atomic E-state index is 0.0406. The molecule has 1 aromatic carbocycles. The maximum Gasteiger partial charge on any atom is 0.245 e. The number of rotatable bonds is 4. The maximum atomic E-state index is 13.3. The Morgan fingerprint density at radius 1 is 1.00 bits per heavy atom. The van der Waals surface area contributed by atoms with Crippen LogP contribution in [0.5, 0.6) is 0 Å². The first kappa shape index (κ1) is 21.0. The number of amides is 3. The molecule has 2 heterocycles. The van der Waals surface area contributed by atoms with Gasteiger partial charge < -0.3 is 14.7 Å². The molecular formula is C22H28FN3O3. The molecule has 0 radical (unpaired) electrons. The summed E-state index contributed by atoms with van der Waals surface area (Å²) in [5.41, 5.74) is 0.660. The molecule has 0 bridgehead atoms.